The number of rotatable bonds is 3. The molecule has 0 spiro atoms. The lowest BCUT2D eigenvalue weighted by molar-refractivity contribution is 0.111. The Balaban J connectivity index is 2.64. The van der Waals surface area contributed by atoms with E-state index in [9.17, 15) is 4.79 Å². The van der Waals surface area contributed by atoms with Gasteiger partial charge in [0.1, 0.15) is 5.69 Å². The van der Waals surface area contributed by atoms with Crippen LogP contribution >= 0.6 is 0 Å². The van der Waals surface area contributed by atoms with E-state index in [4.69, 9.17) is 0 Å². The van der Waals surface area contributed by atoms with Gasteiger partial charge in [-0.1, -0.05) is 11.6 Å². The van der Waals surface area contributed by atoms with Crippen molar-refractivity contribution in [3.8, 4) is 0 Å². The first-order valence-corrected chi connectivity index (χ1v) is 3.82. The molecule has 3 nitrogen and oxygen atoms in total. The van der Waals surface area contributed by atoms with Crippen molar-refractivity contribution in [2.24, 2.45) is 0 Å². The van der Waals surface area contributed by atoms with E-state index < -0.39 is 0 Å². The Hall–Kier alpha value is -1.38. The van der Waals surface area contributed by atoms with Gasteiger partial charge in [-0.3, -0.25) is 4.79 Å². The van der Waals surface area contributed by atoms with Crippen LogP contribution in [0.25, 0.3) is 0 Å². The predicted molar refractivity (Wildman–Crippen MR) is 47.0 cm³/mol. The summed E-state index contributed by atoms with van der Waals surface area (Å²) in [7, 11) is 0. The number of aldehydes is 1. The van der Waals surface area contributed by atoms with Gasteiger partial charge in [-0.05, 0) is 13.8 Å². The molecule has 12 heavy (non-hydrogen) atoms. The summed E-state index contributed by atoms with van der Waals surface area (Å²) in [5, 5.41) is 0. The average molecular weight is 164 g/mol. The van der Waals surface area contributed by atoms with Crippen molar-refractivity contribution >= 4 is 6.29 Å². The zero-order valence-corrected chi connectivity index (χ0v) is 7.32. The number of carbonyl (C=O) groups is 1. The summed E-state index contributed by atoms with van der Waals surface area (Å²) in [6.45, 7) is 4.86. The van der Waals surface area contributed by atoms with Gasteiger partial charge < -0.3 is 4.57 Å². The van der Waals surface area contributed by atoms with Gasteiger partial charge >= 0.3 is 0 Å². The zero-order chi connectivity index (χ0) is 8.97. The summed E-state index contributed by atoms with van der Waals surface area (Å²) >= 11 is 0. The van der Waals surface area contributed by atoms with Gasteiger partial charge in [0, 0.05) is 12.7 Å². The van der Waals surface area contributed by atoms with Crippen LogP contribution in [0, 0.1) is 0 Å². The van der Waals surface area contributed by atoms with Gasteiger partial charge in [0.2, 0.25) is 0 Å². The van der Waals surface area contributed by atoms with Crippen LogP contribution in [0.3, 0.4) is 0 Å². The maximum Gasteiger partial charge on any atom is 0.169 e. The largest absolute Gasteiger partial charge is 0.333 e. The topological polar surface area (TPSA) is 34.9 Å². The second-order valence-electron chi connectivity index (χ2n) is 2.89. The van der Waals surface area contributed by atoms with Gasteiger partial charge in [0.05, 0.1) is 6.33 Å². The third kappa shape index (κ3) is 2.34. The van der Waals surface area contributed by atoms with E-state index in [-0.39, 0.29) is 0 Å². The Kier molecular flexibility index (Phi) is 2.80. The molecule has 0 aliphatic heterocycles. The normalized spacial score (nSPS) is 9.50. The third-order valence-electron chi connectivity index (χ3n) is 1.48. The molecule has 64 valence electrons. The Morgan fingerprint density at radius 2 is 2.42 bits per heavy atom. The second kappa shape index (κ2) is 3.85. The molecule has 0 aliphatic rings. The Morgan fingerprint density at radius 3 is 2.92 bits per heavy atom. The van der Waals surface area contributed by atoms with Gasteiger partial charge in [0.25, 0.3) is 0 Å². The van der Waals surface area contributed by atoms with E-state index in [1.807, 2.05) is 18.4 Å². The summed E-state index contributed by atoms with van der Waals surface area (Å²) in [4.78, 5) is 14.1. The van der Waals surface area contributed by atoms with Crippen molar-refractivity contribution in [1.29, 1.82) is 0 Å². The maximum absolute atomic E-state index is 10.3. The Labute approximate surface area is 71.7 Å². The number of hydrogen-bond acceptors (Lipinski definition) is 2. The molecule has 1 aromatic heterocycles. The van der Waals surface area contributed by atoms with Crippen LogP contribution in [0.1, 0.15) is 24.3 Å². The van der Waals surface area contributed by atoms with E-state index in [0.717, 1.165) is 12.8 Å². The van der Waals surface area contributed by atoms with Crippen LogP contribution in [0.5, 0.6) is 0 Å². The first kappa shape index (κ1) is 8.71. The third-order valence-corrected chi connectivity index (χ3v) is 1.48. The molecular formula is C9H12N2O. The summed E-state index contributed by atoms with van der Waals surface area (Å²) in [5.41, 5.74) is 1.74. The first-order chi connectivity index (χ1) is 5.72. The van der Waals surface area contributed by atoms with E-state index >= 15 is 0 Å². The summed E-state index contributed by atoms with van der Waals surface area (Å²) < 4.78 is 1.87. The van der Waals surface area contributed by atoms with Crippen molar-refractivity contribution in [3.05, 3.63) is 29.9 Å². The van der Waals surface area contributed by atoms with Crippen LogP contribution in [0.2, 0.25) is 0 Å². The van der Waals surface area contributed by atoms with Gasteiger partial charge in [-0.25, -0.2) is 4.98 Å². The number of aromatic nitrogens is 2. The van der Waals surface area contributed by atoms with E-state index in [0.29, 0.717) is 5.69 Å². The van der Waals surface area contributed by atoms with Crippen LogP contribution < -0.4 is 0 Å². The van der Waals surface area contributed by atoms with Crippen molar-refractivity contribution in [1.82, 2.24) is 9.55 Å². The fourth-order valence-electron chi connectivity index (χ4n) is 0.826. The minimum Gasteiger partial charge on any atom is -0.333 e. The second-order valence-corrected chi connectivity index (χ2v) is 2.89. The molecule has 0 radical (unpaired) electrons. The van der Waals surface area contributed by atoms with Gasteiger partial charge in [-0.2, -0.15) is 0 Å². The molecule has 0 N–H and O–H groups in total. The standard InChI is InChI=1S/C9H12N2O/c1-8(2)3-4-11-5-9(6-12)10-7-11/h3,5-7H,4H2,1-2H3. The minimum absolute atomic E-state index is 0.483. The quantitative estimate of drug-likeness (QED) is 0.503. The molecule has 0 saturated heterocycles. The highest BCUT2D eigenvalue weighted by molar-refractivity contribution is 5.70. The fraction of sp³-hybridized carbons (Fsp3) is 0.333. The average Bonchev–Trinajstić information content (AvgIpc) is 2.48. The molecule has 0 bridgehead atoms. The minimum atomic E-state index is 0.483. The molecule has 0 saturated carbocycles. The lowest BCUT2D eigenvalue weighted by Crippen LogP contribution is -1.90. The molecule has 0 amide bonds. The van der Waals surface area contributed by atoms with Crippen LogP contribution in [-0.2, 0) is 6.54 Å². The molecule has 0 aromatic carbocycles. The fourth-order valence-corrected chi connectivity index (χ4v) is 0.826. The van der Waals surface area contributed by atoms with Crippen molar-refractivity contribution in [2.45, 2.75) is 20.4 Å². The SMILES string of the molecule is CC(C)=CCn1cnc(C=O)c1. The lowest BCUT2D eigenvalue weighted by atomic mass is 10.3. The monoisotopic (exact) mass is 164 g/mol. The van der Waals surface area contributed by atoms with Crippen LogP contribution in [-0.4, -0.2) is 15.8 Å². The molecule has 0 unspecified atom stereocenters. The Morgan fingerprint density at radius 1 is 1.67 bits per heavy atom. The summed E-state index contributed by atoms with van der Waals surface area (Å²) in [5.74, 6) is 0. The number of imidazole rings is 1. The predicted octanol–water partition coefficient (Wildman–Crippen LogP) is 1.66. The molecule has 0 fully saturated rings. The summed E-state index contributed by atoms with van der Waals surface area (Å²) in [6, 6.07) is 0. The molecule has 1 aromatic rings. The first-order valence-electron chi connectivity index (χ1n) is 3.82. The molecule has 1 heterocycles. The molecule has 0 atom stereocenters. The highest BCUT2D eigenvalue weighted by atomic mass is 16.1. The number of allylic oxidation sites excluding steroid dienone is 2. The number of carbonyl (C=O) groups excluding carboxylic acids is 1. The van der Waals surface area contributed by atoms with E-state index in [1.165, 1.54) is 5.57 Å². The highest BCUT2D eigenvalue weighted by Gasteiger charge is 1.93. The van der Waals surface area contributed by atoms with Crippen molar-refractivity contribution < 1.29 is 4.79 Å². The van der Waals surface area contributed by atoms with Crippen molar-refractivity contribution in [3.63, 3.8) is 0 Å². The number of nitrogens with zero attached hydrogens (tertiary/aromatic N) is 2. The maximum atomic E-state index is 10.3. The number of hydrogen-bond donors (Lipinski definition) is 0. The van der Waals surface area contributed by atoms with E-state index in [1.54, 1.807) is 12.5 Å². The van der Waals surface area contributed by atoms with Crippen LogP contribution in [0.4, 0.5) is 0 Å². The van der Waals surface area contributed by atoms with Crippen LogP contribution in [0.15, 0.2) is 24.2 Å². The van der Waals surface area contributed by atoms with Crippen molar-refractivity contribution in [2.75, 3.05) is 0 Å². The summed E-state index contributed by atoms with van der Waals surface area (Å²) in [6.07, 6.45) is 6.21. The molecule has 3 heteroatoms. The lowest BCUT2D eigenvalue weighted by Gasteiger charge is -1.94. The van der Waals surface area contributed by atoms with Gasteiger partial charge in [0.15, 0.2) is 6.29 Å². The van der Waals surface area contributed by atoms with Gasteiger partial charge in [-0.15, -0.1) is 0 Å². The van der Waals surface area contributed by atoms with E-state index in [2.05, 4.69) is 11.1 Å². The molecular weight excluding hydrogens is 152 g/mol. The molecule has 1 rings (SSSR count). The smallest absolute Gasteiger partial charge is 0.169 e. The molecule has 0 aliphatic carbocycles. The highest BCUT2D eigenvalue weighted by Crippen LogP contribution is 1.95. The zero-order valence-electron chi connectivity index (χ0n) is 7.32. The Bertz CT molecular complexity index is 295.